The number of carboxylic acid groups (broad SMARTS) is 1. The lowest BCUT2D eigenvalue weighted by atomic mass is 10.1. The molecular weight excluding hydrogens is 230 g/mol. The van der Waals surface area contributed by atoms with Crippen LogP contribution in [0.25, 0.3) is 0 Å². The molecule has 100 valence electrons. The highest BCUT2D eigenvalue weighted by molar-refractivity contribution is 5.87. The van der Waals surface area contributed by atoms with E-state index in [-0.39, 0.29) is 11.1 Å². The molecule has 4 nitrogen and oxygen atoms in total. The van der Waals surface area contributed by atoms with Crippen molar-refractivity contribution in [2.75, 3.05) is 0 Å². The molecule has 0 saturated carbocycles. The van der Waals surface area contributed by atoms with Gasteiger partial charge in [-0.3, -0.25) is 4.79 Å². The molecule has 4 heteroatoms. The van der Waals surface area contributed by atoms with Gasteiger partial charge in [0, 0.05) is 12.2 Å². The second-order valence-electron chi connectivity index (χ2n) is 4.99. The predicted octanol–water partition coefficient (Wildman–Crippen LogP) is 2.46. The van der Waals surface area contributed by atoms with Crippen LogP contribution in [0.2, 0.25) is 0 Å². The van der Waals surface area contributed by atoms with Gasteiger partial charge in [0.2, 0.25) is 0 Å². The minimum absolute atomic E-state index is 0.131. The summed E-state index contributed by atoms with van der Waals surface area (Å²) in [6.45, 7) is 8.60. The molecule has 1 aromatic rings. The van der Waals surface area contributed by atoms with Crippen LogP contribution in [0.3, 0.4) is 0 Å². The van der Waals surface area contributed by atoms with Crippen molar-refractivity contribution in [3.05, 3.63) is 33.2 Å². The molecule has 0 atom stereocenters. The summed E-state index contributed by atoms with van der Waals surface area (Å²) in [4.78, 5) is 23.2. The molecule has 0 aliphatic heterocycles. The van der Waals surface area contributed by atoms with E-state index in [0.717, 1.165) is 24.1 Å². The number of carbonyl (C=O) groups is 1. The van der Waals surface area contributed by atoms with E-state index < -0.39 is 5.97 Å². The van der Waals surface area contributed by atoms with Gasteiger partial charge < -0.3 is 9.67 Å². The largest absolute Gasteiger partial charge is 0.477 e. The monoisotopic (exact) mass is 251 g/mol. The fraction of sp³-hybridized carbons (Fsp3) is 0.571. The summed E-state index contributed by atoms with van der Waals surface area (Å²) in [5.74, 6) is -0.667. The molecule has 18 heavy (non-hydrogen) atoms. The molecule has 0 saturated heterocycles. The Morgan fingerprint density at radius 2 is 2.06 bits per heavy atom. The average Bonchev–Trinajstić information content (AvgIpc) is 2.28. The van der Waals surface area contributed by atoms with E-state index >= 15 is 0 Å². The van der Waals surface area contributed by atoms with Gasteiger partial charge in [-0.1, -0.05) is 20.8 Å². The van der Waals surface area contributed by atoms with Crippen molar-refractivity contribution in [3.63, 3.8) is 0 Å². The minimum Gasteiger partial charge on any atom is -0.477 e. The number of pyridine rings is 1. The third-order valence-electron chi connectivity index (χ3n) is 3.11. The second-order valence-corrected chi connectivity index (χ2v) is 4.99. The van der Waals surface area contributed by atoms with Gasteiger partial charge in [-0.2, -0.15) is 0 Å². The Hall–Kier alpha value is -1.58. The first-order chi connectivity index (χ1) is 8.38. The van der Waals surface area contributed by atoms with Gasteiger partial charge in [-0.05, 0) is 37.3 Å². The smallest absolute Gasteiger partial charge is 0.341 e. The van der Waals surface area contributed by atoms with Crippen LogP contribution in [0.4, 0.5) is 0 Å². The van der Waals surface area contributed by atoms with Crippen molar-refractivity contribution >= 4 is 5.97 Å². The zero-order chi connectivity index (χ0) is 13.9. The molecule has 0 spiro atoms. The molecule has 1 heterocycles. The van der Waals surface area contributed by atoms with E-state index in [1.165, 1.54) is 6.07 Å². The van der Waals surface area contributed by atoms with Crippen molar-refractivity contribution in [3.8, 4) is 0 Å². The molecule has 0 bridgehead atoms. The summed E-state index contributed by atoms with van der Waals surface area (Å²) >= 11 is 0. The molecule has 0 aliphatic carbocycles. The molecule has 0 radical (unpaired) electrons. The van der Waals surface area contributed by atoms with Crippen LogP contribution in [0, 0.1) is 12.8 Å². The highest BCUT2D eigenvalue weighted by atomic mass is 16.4. The Bertz CT molecular complexity index is 500. The number of aromatic carboxylic acids is 1. The molecule has 0 aliphatic rings. The maximum Gasteiger partial charge on any atom is 0.341 e. The molecular formula is C14H21NO3. The van der Waals surface area contributed by atoms with E-state index in [1.807, 2.05) is 13.8 Å². The van der Waals surface area contributed by atoms with Gasteiger partial charge in [-0.25, -0.2) is 4.79 Å². The average molecular weight is 251 g/mol. The Balaban J connectivity index is 3.34. The van der Waals surface area contributed by atoms with Crippen molar-refractivity contribution < 1.29 is 9.90 Å². The molecule has 0 fully saturated rings. The van der Waals surface area contributed by atoms with Crippen LogP contribution >= 0.6 is 0 Å². The number of aryl methyl sites for hydroxylation is 1. The van der Waals surface area contributed by atoms with E-state index in [0.29, 0.717) is 12.5 Å². The number of aromatic nitrogens is 1. The van der Waals surface area contributed by atoms with Gasteiger partial charge >= 0.3 is 5.97 Å². The quantitative estimate of drug-likeness (QED) is 0.874. The Kier molecular flexibility index (Phi) is 4.70. The minimum atomic E-state index is -1.15. The second kappa shape index (κ2) is 5.85. The summed E-state index contributed by atoms with van der Waals surface area (Å²) in [7, 11) is 0. The fourth-order valence-electron chi connectivity index (χ4n) is 2.09. The number of nitrogens with zero attached hydrogens (tertiary/aromatic N) is 1. The first-order valence-corrected chi connectivity index (χ1v) is 6.35. The third kappa shape index (κ3) is 3.00. The van der Waals surface area contributed by atoms with Gasteiger partial charge in [0.25, 0.3) is 5.56 Å². The summed E-state index contributed by atoms with van der Waals surface area (Å²) in [6.07, 6.45) is 1.61. The lowest BCUT2D eigenvalue weighted by Crippen LogP contribution is -2.30. The Morgan fingerprint density at radius 1 is 1.44 bits per heavy atom. The lowest BCUT2D eigenvalue weighted by Gasteiger charge is -2.16. The first kappa shape index (κ1) is 14.5. The van der Waals surface area contributed by atoms with E-state index in [2.05, 4.69) is 13.8 Å². The van der Waals surface area contributed by atoms with Crippen LogP contribution in [0.15, 0.2) is 10.9 Å². The van der Waals surface area contributed by atoms with Gasteiger partial charge in [-0.15, -0.1) is 0 Å². The summed E-state index contributed by atoms with van der Waals surface area (Å²) in [6, 6.07) is 1.48. The highest BCUT2D eigenvalue weighted by Gasteiger charge is 2.16. The van der Waals surface area contributed by atoms with Crippen molar-refractivity contribution in [1.29, 1.82) is 0 Å². The SMILES string of the molecule is CCc1c(C)cc(C(=O)O)c(=O)n1CCC(C)C. The lowest BCUT2D eigenvalue weighted by molar-refractivity contribution is 0.0694. The first-order valence-electron chi connectivity index (χ1n) is 6.35. The van der Waals surface area contributed by atoms with Crippen LogP contribution in [-0.4, -0.2) is 15.6 Å². The highest BCUT2D eigenvalue weighted by Crippen LogP contribution is 2.11. The zero-order valence-corrected chi connectivity index (χ0v) is 11.5. The van der Waals surface area contributed by atoms with Gasteiger partial charge in [0.05, 0.1) is 0 Å². The van der Waals surface area contributed by atoms with Crippen molar-refractivity contribution in [2.45, 2.75) is 47.1 Å². The normalized spacial score (nSPS) is 10.9. The maximum absolute atomic E-state index is 12.1. The van der Waals surface area contributed by atoms with E-state index in [1.54, 1.807) is 4.57 Å². The summed E-state index contributed by atoms with van der Waals surface area (Å²) in [5, 5.41) is 9.04. The van der Waals surface area contributed by atoms with Crippen molar-refractivity contribution in [2.24, 2.45) is 5.92 Å². The fourth-order valence-corrected chi connectivity index (χ4v) is 2.09. The zero-order valence-electron chi connectivity index (χ0n) is 11.5. The molecule has 0 amide bonds. The van der Waals surface area contributed by atoms with Gasteiger partial charge in [0.1, 0.15) is 5.56 Å². The summed E-state index contributed by atoms with van der Waals surface area (Å²) in [5.41, 5.74) is 1.29. The van der Waals surface area contributed by atoms with Crippen LogP contribution < -0.4 is 5.56 Å². The van der Waals surface area contributed by atoms with Crippen molar-refractivity contribution in [1.82, 2.24) is 4.57 Å². The summed E-state index contributed by atoms with van der Waals surface area (Å²) < 4.78 is 1.62. The Morgan fingerprint density at radius 3 is 2.50 bits per heavy atom. The molecule has 1 N–H and O–H groups in total. The molecule has 1 rings (SSSR count). The number of hydrogen-bond donors (Lipinski definition) is 1. The predicted molar refractivity (Wildman–Crippen MR) is 71.2 cm³/mol. The van der Waals surface area contributed by atoms with Gasteiger partial charge in [0.15, 0.2) is 0 Å². The van der Waals surface area contributed by atoms with Crippen LogP contribution in [0.5, 0.6) is 0 Å². The maximum atomic E-state index is 12.1. The topological polar surface area (TPSA) is 59.3 Å². The number of carboxylic acids is 1. The molecule has 1 aromatic heterocycles. The number of rotatable bonds is 5. The van der Waals surface area contributed by atoms with Crippen LogP contribution in [-0.2, 0) is 13.0 Å². The Labute approximate surface area is 107 Å². The van der Waals surface area contributed by atoms with Crippen LogP contribution in [0.1, 0.15) is 48.8 Å². The molecule has 0 aromatic carbocycles. The van der Waals surface area contributed by atoms with E-state index in [4.69, 9.17) is 5.11 Å². The van der Waals surface area contributed by atoms with E-state index in [9.17, 15) is 9.59 Å². The number of hydrogen-bond acceptors (Lipinski definition) is 2. The third-order valence-corrected chi connectivity index (χ3v) is 3.11. The molecule has 0 unspecified atom stereocenters. The standard InChI is InChI=1S/C14H21NO3/c1-5-12-10(4)8-11(14(17)18)13(16)15(12)7-6-9(2)3/h8-9H,5-7H2,1-4H3,(H,17,18).